The van der Waals surface area contributed by atoms with Crippen LogP contribution in [0.3, 0.4) is 0 Å². The molecule has 1 aliphatic rings. The first-order chi connectivity index (χ1) is 13.0. The molecular weight excluding hydrogens is 368 g/mol. The lowest BCUT2D eigenvalue weighted by Crippen LogP contribution is -2.37. The first-order valence-corrected chi connectivity index (χ1v) is 9.38. The second-order valence-electron chi connectivity index (χ2n) is 6.31. The van der Waals surface area contributed by atoms with E-state index in [4.69, 9.17) is 4.74 Å². The molecule has 1 aliphatic heterocycles. The van der Waals surface area contributed by atoms with E-state index in [1.54, 1.807) is 0 Å². The molecule has 0 aliphatic carbocycles. The largest absolute Gasteiger partial charge is 0.469 e. The van der Waals surface area contributed by atoms with Crippen LogP contribution < -0.4 is 4.90 Å². The standard InChI is InChI=1S/C18H20N4O4S/c1-12-3-5-14(6-4-12)27-17-15(22(24)25)16(19-11-20-17)21-9-7-13(8-10-21)18(23)26-2/h3-6,11,13H,7-10H2,1-2H3. The molecule has 2 heterocycles. The number of anilines is 1. The van der Waals surface area contributed by atoms with Crippen LogP contribution in [0.4, 0.5) is 11.5 Å². The fourth-order valence-corrected chi connectivity index (χ4v) is 3.89. The number of hydrogen-bond donors (Lipinski definition) is 0. The molecule has 142 valence electrons. The summed E-state index contributed by atoms with van der Waals surface area (Å²) in [5.41, 5.74) is 1.02. The lowest BCUT2D eigenvalue weighted by atomic mass is 9.97. The Hall–Kier alpha value is -2.68. The first kappa shape index (κ1) is 19.1. The summed E-state index contributed by atoms with van der Waals surface area (Å²) in [5.74, 6) is -0.107. The fraction of sp³-hybridized carbons (Fsp3) is 0.389. The molecule has 0 radical (unpaired) electrons. The Bertz CT molecular complexity index is 836. The number of nitro groups is 1. The normalized spacial score (nSPS) is 14.8. The zero-order chi connectivity index (χ0) is 19.4. The number of aromatic nitrogens is 2. The van der Waals surface area contributed by atoms with Crippen molar-refractivity contribution in [1.82, 2.24) is 9.97 Å². The van der Waals surface area contributed by atoms with E-state index < -0.39 is 4.92 Å². The smallest absolute Gasteiger partial charge is 0.343 e. The highest BCUT2D eigenvalue weighted by Gasteiger charge is 2.32. The molecule has 1 fully saturated rings. The van der Waals surface area contributed by atoms with Gasteiger partial charge in [0.15, 0.2) is 5.03 Å². The van der Waals surface area contributed by atoms with Gasteiger partial charge in [0, 0.05) is 18.0 Å². The zero-order valence-corrected chi connectivity index (χ0v) is 15.9. The van der Waals surface area contributed by atoms with Crippen molar-refractivity contribution in [2.75, 3.05) is 25.1 Å². The highest BCUT2D eigenvalue weighted by atomic mass is 32.2. The average molecular weight is 388 g/mol. The topological polar surface area (TPSA) is 98.5 Å². The summed E-state index contributed by atoms with van der Waals surface area (Å²) < 4.78 is 4.79. The Morgan fingerprint density at radius 1 is 1.26 bits per heavy atom. The Morgan fingerprint density at radius 3 is 2.52 bits per heavy atom. The third-order valence-corrected chi connectivity index (χ3v) is 5.52. The van der Waals surface area contributed by atoms with E-state index in [0.29, 0.717) is 36.8 Å². The Morgan fingerprint density at radius 2 is 1.93 bits per heavy atom. The highest BCUT2D eigenvalue weighted by molar-refractivity contribution is 7.99. The molecule has 0 unspecified atom stereocenters. The van der Waals surface area contributed by atoms with E-state index in [2.05, 4.69) is 9.97 Å². The third kappa shape index (κ3) is 4.36. The van der Waals surface area contributed by atoms with Gasteiger partial charge in [-0.2, -0.15) is 0 Å². The second kappa shape index (κ2) is 8.34. The number of piperidine rings is 1. The molecule has 1 aromatic heterocycles. The van der Waals surface area contributed by atoms with Gasteiger partial charge in [0.2, 0.25) is 5.82 Å². The van der Waals surface area contributed by atoms with E-state index in [-0.39, 0.29) is 17.6 Å². The van der Waals surface area contributed by atoms with E-state index in [0.717, 1.165) is 10.5 Å². The van der Waals surface area contributed by atoms with Gasteiger partial charge in [-0.15, -0.1) is 0 Å². The number of carbonyl (C=O) groups excluding carboxylic acids is 1. The molecule has 27 heavy (non-hydrogen) atoms. The number of ether oxygens (including phenoxy) is 1. The first-order valence-electron chi connectivity index (χ1n) is 8.56. The van der Waals surface area contributed by atoms with Crippen molar-refractivity contribution in [3.8, 4) is 0 Å². The summed E-state index contributed by atoms with van der Waals surface area (Å²) in [6.07, 6.45) is 2.51. The van der Waals surface area contributed by atoms with Crippen molar-refractivity contribution in [3.05, 3.63) is 46.3 Å². The number of hydrogen-bond acceptors (Lipinski definition) is 8. The third-order valence-electron chi connectivity index (χ3n) is 4.52. The number of methoxy groups -OCH3 is 1. The van der Waals surface area contributed by atoms with Crippen molar-refractivity contribution >= 4 is 29.2 Å². The molecule has 8 nitrogen and oxygen atoms in total. The van der Waals surface area contributed by atoms with Gasteiger partial charge in [-0.25, -0.2) is 9.97 Å². The predicted molar refractivity (Wildman–Crippen MR) is 101 cm³/mol. The van der Waals surface area contributed by atoms with Crippen LogP contribution in [0.1, 0.15) is 18.4 Å². The van der Waals surface area contributed by atoms with E-state index in [1.165, 1.54) is 25.2 Å². The number of benzene rings is 1. The van der Waals surface area contributed by atoms with E-state index >= 15 is 0 Å². The summed E-state index contributed by atoms with van der Waals surface area (Å²) in [6.45, 7) is 3.00. The minimum absolute atomic E-state index is 0.0976. The van der Waals surface area contributed by atoms with E-state index in [1.807, 2.05) is 36.1 Å². The molecule has 0 N–H and O–H groups in total. The zero-order valence-electron chi connectivity index (χ0n) is 15.1. The summed E-state index contributed by atoms with van der Waals surface area (Å²) in [6, 6.07) is 7.72. The molecule has 0 saturated carbocycles. The fourth-order valence-electron chi connectivity index (χ4n) is 3.03. The lowest BCUT2D eigenvalue weighted by molar-refractivity contribution is -0.387. The van der Waals surface area contributed by atoms with Gasteiger partial charge in [0.1, 0.15) is 6.33 Å². The van der Waals surface area contributed by atoms with Crippen molar-refractivity contribution in [2.24, 2.45) is 5.92 Å². The Balaban J connectivity index is 1.85. The number of carbonyl (C=O) groups is 1. The number of nitrogens with zero attached hydrogens (tertiary/aromatic N) is 4. The van der Waals surface area contributed by atoms with Gasteiger partial charge >= 0.3 is 11.7 Å². The van der Waals surface area contributed by atoms with Gasteiger partial charge in [0.05, 0.1) is 18.0 Å². The highest BCUT2D eigenvalue weighted by Crippen LogP contribution is 2.39. The molecular formula is C18H20N4O4S. The molecule has 0 bridgehead atoms. The van der Waals surface area contributed by atoms with Crippen molar-refractivity contribution in [3.63, 3.8) is 0 Å². The minimum atomic E-state index is -0.432. The summed E-state index contributed by atoms with van der Waals surface area (Å²) in [7, 11) is 1.37. The van der Waals surface area contributed by atoms with Crippen molar-refractivity contribution in [2.45, 2.75) is 29.7 Å². The number of aryl methyl sites for hydroxylation is 1. The predicted octanol–water partition coefficient (Wildman–Crippen LogP) is 3.23. The molecule has 9 heteroatoms. The maximum Gasteiger partial charge on any atom is 0.343 e. The average Bonchev–Trinajstić information content (AvgIpc) is 2.69. The monoisotopic (exact) mass is 388 g/mol. The maximum absolute atomic E-state index is 11.8. The van der Waals surface area contributed by atoms with Gasteiger partial charge in [-0.05, 0) is 31.9 Å². The molecule has 0 amide bonds. The van der Waals surface area contributed by atoms with Crippen LogP contribution in [0.2, 0.25) is 0 Å². The lowest BCUT2D eigenvalue weighted by Gasteiger charge is -2.31. The Kier molecular flexibility index (Phi) is 5.90. The number of rotatable bonds is 5. The summed E-state index contributed by atoms with van der Waals surface area (Å²) in [4.78, 5) is 34.0. The van der Waals surface area contributed by atoms with Gasteiger partial charge in [0.25, 0.3) is 0 Å². The van der Waals surface area contributed by atoms with Crippen LogP contribution in [-0.2, 0) is 9.53 Å². The van der Waals surface area contributed by atoms with E-state index in [9.17, 15) is 14.9 Å². The quantitative estimate of drug-likeness (QED) is 0.333. The van der Waals surface area contributed by atoms with Gasteiger partial charge in [-0.1, -0.05) is 29.5 Å². The summed E-state index contributed by atoms with van der Waals surface area (Å²) >= 11 is 1.24. The molecule has 0 spiro atoms. The van der Waals surface area contributed by atoms with Crippen LogP contribution in [-0.4, -0.2) is 41.1 Å². The minimum Gasteiger partial charge on any atom is -0.469 e. The van der Waals surface area contributed by atoms with Gasteiger partial charge in [-0.3, -0.25) is 14.9 Å². The van der Waals surface area contributed by atoms with Crippen LogP contribution in [0.15, 0.2) is 40.5 Å². The molecule has 1 aromatic carbocycles. The maximum atomic E-state index is 11.8. The van der Waals surface area contributed by atoms with Crippen molar-refractivity contribution < 1.29 is 14.5 Å². The summed E-state index contributed by atoms with van der Waals surface area (Å²) in [5, 5.41) is 12.1. The van der Waals surface area contributed by atoms with Crippen LogP contribution in [0, 0.1) is 23.0 Å². The van der Waals surface area contributed by atoms with Crippen LogP contribution >= 0.6 is 11.8 Å². The van der Waals surface area contributed by atoms with Gasteiger partial charge < -0.3 is 9.64 Å². The second-order valence-corrected chi connectivity index (χ2v) is 7.37. The number of esters is 1. The SMILES string of the molecule is COC(=O)C1CCN(c2ncnc(Sc3ccc(C)cc3)c2[N+](=O)[O-])CC1. The molecule has 1 saturated heterocycles. The van der Waals surface area contributed by atoms with Crippen LogP contribution in [0.5, 0.6) is 0 Å². The van der Waals surface area contributed by atoms with Crippen LogP contribution in [0.25, 0.3) is 0 Å². The molecule has 3 rings (SSSR count). The Labute approximate surface area is 161 Å². The van der Waals surface area contributed by atoms with Crippen molar-refractivity contribution in [1.29, 1.82) is 0 Å². The molecule has 0 atom stereocenters. The molecule has 2 aromatic rings.